The molecule has 0 radical (unpaired) electrons. The van der Waals surface area contributed by atoms with Gasteiger partial charge in [-0.25, -0.2) is 14.6 Å². The number of ether oxygens (including phenoxy) is 3. The van der Waals surface area contributed by atoms with E-state index >= 15 is 0 Å². The molecule has 0 spiro atoms. The smallest absolute Gasteiger partial charge is 0.338 e. The Morgan fingerprint density at radius 2 is 1.82 bits per heavy atom. The van der Waals surface area contributed by atoms with E-state index in [1.54, 1.807) is 63.2 Å². The Balaban J connectivity index is 1.50. The van der Waals surface area contributed by atoms with Gasteiger partial charge in [0, 0.05) is 27.8 Å². The first kappa shape index (κ1) is 33.7. The SMILES string of the molecule is CCOC(=O)C1=C(c2ccccc2)N=c2s/c(=C\c3ccc(-c4ccc(C(=O)OC(C)C)cc4C)o3)c(=O)n2[C@@H]1c1cc(Cl)ccc1OC. The molecular formula is C38H33ClN2O7S. The summed E-state index contributed by atoms with van der Waals surface area (Å²) in [6.07, 6.45) is 1.43. The van der Waals surface area contributed by atoms with Crippen LogP contribution in [0.3, 0.4) is 0 Å². The third-order valence-electron chi connectivity index (χ3n) is 7.83. The molecule has 0 saturated carbocycles. The molecule has 0 fully saturated rings. The second-order valence-corrected chi connectivity index (χ2v) is 12.9. The second kappa shape index (κ2) is 14.1. The maximum absolute atomic E-state index is 14.3. The molecule has 6 rings (SSSR count). The van der Waals surface area contributed by atoms with Gasteiger partial charge in [0.2, 0.25) is 0 Å². The minimum Gasteiger partial charge on any atom is -0.496 e. The number of benzene rings is 3. The Kier molecular flexibility index (Phi) is 9.71. The Morgan fingerprint density at radius 1 is 1.04 bits per heavy atom. The Hall–Kier alpha value is -5.19. The van der Waals surface area contributed by atoms with Crippen LogP contribution in [0.2, 0.25) is 5.02 Å². The summed E-state index contributed by atoms with van der Waals surface area (Å²) in [7, 11) is 1.52. The number of carbonyl (C=O) groups is 2. The molecule has 0 bridgehead atoms. The van der Waals surface area contributed by atoms with Crippen molar-refractivity contribution in [3.05, 3.63) is 137 Å². The van der Waals surface area contributed by atoms with Gasteiger partial charge >= 0.3 is 11.9 Å². The largest absolute Gasteiger partial charge is 0.496 e. The van der Waals surface area contributed by atoms with Crippen LogP contribution in [-0.2, 0) is 14.3 Å². The third kappa shape index (κ3) is 6.75. The molecule has 0 amide bonds. The molecule has 49 heavy (non-hydrogen) atoms. The second-order valence-electron chi connectivity index (χ2n) is 11.5. The van der Waals surface area contributed by atoms with Crippen LogP contribution in [0.25, 0.3) is 23.1 Å². The molecule has 3 heterocycles. The molecule has 1 aliphatic rings. The molecule has 9 nitrogen and oxygen atoms in total. The summed E-state index contributed by atoms with van der Waals surface area (Å²) in [5, 5.41) is 0.405. The van der Waals surface area contributed by atoms with E-state index in [1.165, 1.54) is 23.0 Å². The lowest BCUT2D eigenvalue weighted by molar-refractivity contribution is -0.138. The van der Waals surface area contributed by atoms with E-state index < -0.39 is 18.0 Å². The number of aromatic nitrogens is 1. The number of nitrogens with zero attached hydrogens (tertiary/aromatic N) is 2. The van der Waals surface area contributed by atoms with Crippen LogP contribution in [0.4, 0.5) is 0 Å². The number of fused-ring (bicyclic) bond motifs is 1. The van der Waals surface area contributed by atoms with Crippen LogP contribution in [0, 0.1) is 6.92 Å². The molecule has 3 aromatic carbocycles. The molecule has 0 saturated heterocycles. The zero-order chi connectivity index (χ0) is 34.8. The number of aryl methyl sites for hydroxylation is 1. The molecule has 0 unspecified atom stereocenters. The number of esters is 2. The molecule has 2 aromatic heterocycles. The Labute approximate surface area is 291 Å². The highest BCUT2D eigenvalue weighted by molar-refractivity contribution is 7.07. The average Bonchev–Trinajstić information content (AvgIpc) is 3.67. The molecular weight excluding hydrogens is 664 g/mol. The predicted molar refractivity (Wildman–Crippen MR) is 188 cm³/mol. The number of hydrogen-bond acceptors (Lipinski definition) is 9. The first-order valence-electron chi connectivity index (χ1n) is 15.6. The van der Waals surface area contributed by atoms with E-state index in [-0.39, 0.29) is 23.8 Å². The van der Waals surface area contributed by atoms with E-state index in [2.05, 4.69) is 0 Å². The summed E-state index contributed by atoms with van der Waals surface area (Å²) >= 11 is 7.66. The van der Waals surface area contributed by atoms with Gasteiger partial charge < -0.3 is 18.6 Å². The van der Waals surface area contributed by atoms with E-state index in [1.807, 2.05) is 49.4 Å². The van der Waals surface area contributed by atoms with Gasteiger partial charge in [-0.2, -0.15) is 0 Å². The first-order chi connectivity index (χ1) is 23.6. The van der Waals surface area contributed by atoms with Crippen molar-refractivity contribution in [1.29, 1.82) is 0 Å². The molecule has 1 aliphatic heterocycles. The van der Waals surface area contributed by atoms with Crippen LogP contribution in [0.1, 0.15) is 59.6 Å². The van der Waals surface area contributed by atoms with E-state index in [9.17, 15) is 14.4 Å². The van der Waals surface area contributed by atoms with Crippen LogP contribution in [-0.4, -0.2) is 36.3 Å². The fraction of sp³-hybridized carbons (Fsp3) is 0.211. The lowest BCUT2D eigenvalue weighted by Crippen LogP contribution is -2.40. The van der Waals surface area contributed by atoms with Gasteiger partial charge in [-0.1, -0.05) is 59.3 Å². The average molecular weight is 697 g/mol. The first-order valence-corrected chi connectivity index (χ1v) is 16.8. The Bertz CT molecular complexity index is 2280. The van der Waals surface area contributed by atoms with Gasteiger partial charge in [0.05, 0.1) is 41.2 Å². The summed E-state index contributed by atoms with van der Waals surface area (Å²) in [6.45, 7) is 7.34. The highest BCUT2D eigenvalue weighted by Gasteiger charge is 2.37. The zero-order valence-electron chi connectivity index (χ0n) is 27.5. The topological polar surface area (TPSA) is 109 Å². The lowest BCUT2D eigenvalue weighted by atomic mass is 9.92. The number of halogens is 1. The maximum Gasteiger partial charge on any atom is 0.338 e. The van der Waals surface area contributed by atoms with Crippen molar-refractivity contribution in [2.24, 2.45) is 4.99 Å². The summed E-state index contributed by atoms with van der Waals surface area (Å²) < 4.78 is 24.6. The van der Waals surface area contributed by atoms with Gasteiger partial charge in [-0.05, 0) is 75.7 Å². The third-order valence-corrected chi connectivity index (χ3v) is 9.05. The van der Waals surface area contributed by atoms with Crippen LogP contribution < -0.4 is 19.6 Å². The standard InChI is InChI=1S/C38H33ClN2O7S/c1-6-46-37(44)32-33(23-10-8-7-9-11-23)40-38-41(34(32)28-19-25(39)13-16-29(28)45-5)35(42)31(49-38)20-26-14-17-30(48-26)27-15-12-24(18-22(27)4)36(43)47-21(2)3/h7-21,34H,6H2,1-5H3/b31-20-/t34-/m1/s1. The molecule has 0 aliphatic carbocycles. The fourth-order valence-electron chi connectivity index (χ4n) is 5.71. The quantitative estimate of drug-likeness (QED) is 0.157. The fourth-order valence-corrected chi connectivity index (χ4v) is 6.87. The summed E-state index contributed by atoms with van der Waals surface area (Å²) in [4.78, 5) is 45.7. The number of hydrogen-bond donors (Lipinski definition) is 0. The predicted octanol–water partition coefficient (Wildman–Crippen LogP) is 6.73. The summed E-state index contributed by atoms with van der Waals surface area (Å²) in [5.41, 5.74) is 3.45. The highest BCUT2D eigenvalue weighted by atomic mass is 35.5. The summed E-state index contributed by atoms with van der Waals surface area (Å²) in [6, 6.07) is 22.2. The highest BCUT2D eigenvalue weighted by Crippen LogP contribution is 2.40. The van der Waals surface area contributed by atoms with E-state index in [0.29, 0.717) is 54.0 Å². The van der Waals surface area contributed by atoms with Crippen molar-refractivity contribution >= 4 is 46.6 Å². The van der Waals surface area contributed by atoms with Crippen LogP contribution >= 0.6 is 22.9 Å². The molecule has 250 valence electrons. The van der Waals surface area contributed by atoms with Crippen molar-refractivity contribution in [2.45, 2.75) is 39.8 Å². The molecule has 11 heteroatoms. The van der Waals surface area contributed by atoms with Crippen molar-refractivity contribution in [3.63, 3.8) is 0 Å². The Morgan fingerprint density at radius 3 is 2.51 bits per heavy atom. The summed E-state index contributed by atoms with van der Waals surface area (Å²) in [5.74, 6) is 0.441. The minimum absolute atomic E-state index is 0.124. The van der Waals surface area contributed by atoms with Gasteiger partial charge in [-0.15, -0.1) is 0 Å². The molecule has 5 aromatic rings. The van der Waals surface area contributed by atoms with Crippen LogP contribution in [0.5, 0.6) is 5.75 Å². The van der Waals surface area contributed by atoms with Gasteiger partial charge in [0.15, 0.2) is 4.80 Å². The normalized spacial score (nSPS) is 14.4. The minimum atomic E-state index is -0.961. The monoisotopic (exact) mass is 696 g/mol. The molecule has 0 N–H and O–H groups in total. The van der Waals surface area contributed by atoms with Crippen molar-refractivity contribution in [2.75, 3.05) is 13.7 Å². The number of thiazole rings is 1. The van der Waals surface area contributed by atoms with E-state index in [4.69, 9.17) is 35.2 Å². The van der Waals surface area contributed by atoms with Gasteiger partial charge in [0.1, 0.15) is 23.3 Å². The van der Waals surface area contributed by atoms with Crippen molar-refractivity contribution in [3.8, 4) is 17.1 Å². The van der Waals surface area contributed by atoms with Crippen molar-refractivity contribution in [1.82, 2.24) is 4.57 Å². The van der Waals surface area contributed by atoms with Crippen molar-refractivity contribution < 1.29 is 28.2 Å². The number of furan rings is 1. The number of carbonyl (C=O) groups excluding carboxylic acids is 2. The van der Waals surface area contributed by atoms with Gasteiger partial charge in [-0.3, -0.25) is 9.36 Å². The van der Waals surface area contributed by atoms with Crippen LogP contribution in [0.15, 0.2) is 98.6 Å². The number of rotatable bonds is 9. The zero-order valence-corrected chi connectivity index (χ0v) is 29.1. The van der Waals surface area contributed by atoms with Gasteiger partial charge in [0.25, 0.3) is 5.56 Å². The van der Waals surface area contributed by atoms with E-state index in [0.717, 1.165) is 11.1 Å². The number of methoxy groups -OCH3 is 1. The lowest BCUT2D eigenvalue weighted by Gasteiger charge is -2.27. The maximum atomic E-state index is 14.3. The molecule has 1 atom stereocenters.